The van der Waals surface area contributed by atoms with Crippen LogP contribution in [0.2, 0.25) is 0 Å². The van der Waals surface area contributed by atoms with Gasteiger partial charge in [0, 0.05) is 0 Å². The molecule has 0 spiro atoms. The van der Waals surface area contributed by atoms with Gasteiger partial charge in [0.25, 0.3) is 5.17 Å². The quantitative estimate of drug-likeness (QED) is 0.426. The van der Waals surface area contributed by atoms with E-state index in [1.807, 2.05) is 0 Å². The third kappa shape index (κ3) is 4.90. The molecule has 0 saturated heterocycles. The van der Waals surface area contributed by atoms with Crippen LogP contribution in [0.3, 0.4) is 0 Å². The van der Waals surface area contributed by atoms with Crippen molar-refractivity contribution < 1.29 is 48.7 Å². The Hall–Kier alpha value is -0.180. The third-order valence-corrected chi connectivity index (χ3v) is 2.91. The van der Waals surface area contributed by atoms with E-state index in [1.165, 1.54) is 12.1 Å². The number of ether oxygens (including phenoxy) is 1. The molecule has 0 aliphatic carbocycles. The molecule has 0 bridgehead atoms. The van der Waals surface area contributed by atoms with Crippen molar-refractivity contribution in [1.82, 2.24) is 0 Å². The van der Waals surface area contributed by atoms with E-state index in [4.69, 9.17) is 21.5 Å². The first-order chi connectivity index (χ1) is 7.46. The molecular formula is C9H12NNaO4S2. The summed E-state index contributed by atoms with van der Waals surface area (Å²) in [7, 11) is -4.47. The van der Waals surface area contributed by atoms with Crippen molar-refractivity contribution in [2.24, 2.45) is 0 Å². The van der Waals surface area contributed by atoms with Crippen molar-refractivity contribution in [3.63, 3.8) is 0 Å². The van der Waals surface area contributed by atoms with Gasteiger partial charge in [-0.15, -0.1) is 0 Å². The molecule has 0 aliphatic heterocycles. The van der Waals surface area contributed by atoms with Gasteiger partial charge in [0.2, 0.25) is 0 Å². The second-order valence-corrected chi connectivity index (χ2v) is 4.39. The molecule has 8 heteroatoms. The zero-order chi connectivity index (χ0) is 12.2. The Balaban J connectivity index is 0. The molecule has 1 aromatic carbocycles. The summed E-state index contributed by atoms with van der Waals surface area (Å²) in [6.45, 7) is 1.89. The van der Waals surface area contributed by atoms with Crippen molar-refractivity contribution in [2.45, 2.75) is 6.92 Å². The molecule has 1 rings (SSSR count). The van der Waals surface area contributed by atoms with Crippen LogP contribution in [-0.2, 0) is 15.0 Å². The minimum atomic E-state index is -4.47. The van der Waals surface area contributed by atoms with Gasteiger partial charge in [-0.25, -0.2) is 0 Å². The zero-order valence-corrected chi connectivity index (χ0v) is 13.2. The minimum Gasteiger partial charge on any atom is -1.00 e. The van der Waals surface area contributed by atoms with Crippen molar-refractivity contribution >= 4 is 33.4 Å². The van der Waals surface area contributed by atoms with Crippen molar-refractivity contribution in [3.8, 4) is 0 Å². The maximum atomic E-state index is 11.2. The largest absolute Gasteiger partial charge is 1.00 e. The van der Waals surface area contributed by atoms with E-state index in [2.05, 4.69) is 0 Å². The average Bonchev–Trinajstić information content (AvgIpc) is 2.17. The van der Waals surface area contributed by atoms with Gasteiger partial charge in [0.05, 0.1) is 12.3 Å². The maximum absolute atomic E-state index is 11.2. The summed E-state index contributed by atoms with van der Waals surface area (Å²) in [6, 6.07) is 7.97. The molecule has 5 nitrogen and oxygen atoms in total. The monoisotopic (exact) mass is 285 g/mol. The molecule has 0 aromatic heterocycles. The van der Waals surface area contributed by atoms with Gasteiger partial charge in [0.15, 0.2) is 0 Å². The molecule has 0 atom stereocenters. The van der Waals surface area contributed by atoms with Crippen LogP contribution in [0.5, 0.6) is 0 Å². The van der Waals surface area contributed by atoms with Crippen molar-refractivity contribution in [3.05, 3.63) is 30.3 Å². The number of hydrogen-bond donors (Lipinski definition) is 1. The van der Waals surface area contributed by atoms with Gasteiger partial charge < -0.3 is 6.16 Å². The summed E-state index contributed by atoms with van der Waals surface area (Å²) >= 11 is 4.77. The molecule has 0 fully saturated rings. The van der Waals surface area contributed by atoms with Gasteiger partial charge >= 0.3 is 39.9 Å². The molecule has 0 heterocycles. The van der Waals surface area contributed by atoms with Crippen LogP contribution in [0.1, 0.15) is 8.35 Å². The summed E-state index contributed by atoms with van der Waals surface area (Å²) < 4.78 is 36.8. The third-order valence-electron chi connectivity index (χ3n) is 1.66. The fourth-order valence-electron chi connectivity index (χ4n) is 1.08. The van der Waals surface area contributed by atoms with Gasteiger partial charge in [0.1, 0.15) is 0 Å². The first kappa shape index (κ1) is 16.8. The molecule has 0 amide bonds. The molecule has 0 saturated carbocycles. The van der Waals surface area contributed by atoms with Gasteiger partial charge in [-0.05, 0) is 31.3 Å². The Kier molecular flexibility index (Phi) is 7.22. The Morgan fingerprint density at radius 1 is 1.47 bits per heavy atom. The molecule has 1 N–H and O–H groups in total. The molecule has 1 aromatic rings. The van der Waals surface area contributed by atoms with Crippen LogP contribution in [0.15, 0.2) is 30.3 Å². The topological polar surface area (TPSA) is 66.8 Å². The molecule has 0 unspecified atom stereocenters. The number of hydrogen-bond acceptors (Lipinski definition) is 4. The second-order valence-electron chi connectivity index (χ2n) is 2.78. The fraction of sp³-hybridized carbons (Fsp3) is 0.222. The summed E-state index contributed by atoms with van der Waals surface area (Å²) in [5.74, 6) is 0. The maximum Gasteiger partial charge on any atom is 1.00 e. The van der Waals surface area contributed by atoms with Crippen molar-refractivity contribution in [2.75, 3.05) is 10.9 Å². The number of benzene rings is 1. The summed E-state index contributed by atoms with van der Waals surface area (Å²) in [4.78, 5) is 0. The first-order valence-electron chi connectivity index (χ1n) is 4.46. The van der Waals surface area contributed by atoms with Crippen LogP contribution >= 0.6 is 12.2 Å². The average molecular weight is 285 g/mol. The Morgan fingerprint density at radius 2 is 2.00 bits per heavy atom. The number of nitrogens with zero attached hydrogens (tertiary/aromatic N) is 1. The summed E-state index contributed by atoms with van der Waals surface area (Å²) in [6.07, 6.45) is 0. The number of anilines is 1. The van der Waals surface area contributed by atoms with E-state index in [0.29, 0.717) is 4.31 Å². The SMILES string of the molecule is CCOC(=S)N(c1ccccc1)S(=O)(=O)O.[H-].[Na+]. The van der Waals surface area contributed by atoms with Gasteiger partial charge in [-0.2, -0.15) is 12.7 Å². The van der Waals surface area contributed by atoms with E-state index < -0.39 is 10.3 Å². The fourth-order valence-corrected chi connectivity index (χ4v) is 2.21. The molecule has 0 aliphatic rings. The Morgan fingerprint density at radius 3 is 2.41 bits per heavy atom. The Labute approximate surface area is 129 Å². The normalized spacial score (nSPS) is 10.2. The molecule has 0 radical (unpaired) electrons. The molecular weight excluding hydrogens is 273 g/mol. The molecule has 90 valence electrons. The van der Waals surface area contributed by atoms with E-state index in [9.17, 15) is 8.42 Å². The standard InChI is InChI=1S/C9H11NO4S2.Na.H/c1-2-14-9(15)10(16(11,12)13)8-6-4-3-5-7-8;;/h3-7H,2H2,1H3,(H,11,12,13);;/q;+1;-1. The predicted octanol–water partition coefficient (Wildman–Crippen LogP) is -1.27. The van der Waals surface area contributed by atoms with Crippen LogP contribution in [0.4, 0.5) is 5.69 Å². The van der Waals surface area contributed by atoms with Crippen LogP contribution in [0.25, 0.3) is 0 Å². The first-order valence-corrected chi connectivity index (χ1v) is 6.27. The van der Waals surface area contributed by atoms with Crippen molar-refractivity contribution in [1.29, 1.82) is 0 Å². The van der Waals surface area contributed by atoms with E-state index in [0.717, 1.165) is 0 Å². The zero-order valence-electron chi connectivity index (χ0n) is 10.5. The van der Waals surface area contributed by atoms with E-state index >= 15 is 0 Å². The number of para-hydroxylation sites is 1. The van der Waals surface area contributed by atoms with E-state index in [1.54, 1.807) is 25.1 Å². The minimum absolute atomic E-state index is 0. The summed E-state index contributed by atoms with van der Waals surface area (Å²) in [5, 5.41) is -0.309. The van der Waals surface area contributed by atoms with Gasteiger partial charge in [-0.1, -0.05) is 18.2 Å². The second kappa shape index (κ2) is 7.30. The van der Waals surface area contributed by atoms with Crippen LogP contribution in [0, 0.1) is 0 Å². The van der Waals surface area contributed by atoms with E-state index in [-0.39, 0.29) is 48.5 Å². The van der Waals surface area contributed by atoms with Crippen LogP contribution < -0.4 is 33.9 Å². The van der Waals surface area contributed by atoms with Gasteiger partial charge in [-0.3, -0.25) is 4.55 Å². The van der Waals surface area contributed by atoms with Crippen LogP contribution in [-0.4, -0.2) is 24.8 Å². The number of thiocarbonyl (C=S) groups is 1. The predicted molar refractivity (Wildman–Crippen MR) is 65.8 cm³/mol. The summed E-state index contributed by atoms with van der Waals surface area (Å²) in [5.41, 5.74) is 0.225. The smallest absolute Gasteiger partial charge is 1.00 e. The molecule has 17 heavy (non-hydrogen) atoms. The number of rotatable bonds is 3. The Bertz CT molecular complexity index is 469.